The second-order valence-electron chi connectivity index (χ2n) is 2.57. The van der Waals surface area contributed by atoms with Gasteiger partial charge in [0.2, 0.25) is 0 Å². The van der Waals surface area contributed by atoms with Crippen LogP contribution in [-0.4, -0.2) is 7.11 Å². The van der Waals surface area contributed by atoms with Crippen molar-refractivity contribution in [2.24, 2.45) is 0 Å². The van der Waals surface area contributed by atoms with Crippen LogP contribution in [0.5, 0.6) is 5.75 Å². The maximum Gasteiger partial charge on any atom is 0.137 e. The zero-order valence-corrected chi connectivity index (χ0v) is 9.37. The van der Waals surface area contributed by atoms with Crippen molar-refractivity contribution < 1.29 is 4.74 Å². The molecule has 12 heavy (non-hydrogen) atoms. The van der Waals surface area contributed by atoms with Crippen LogP contribution >= 0.6 is 27.5 Å². The minimum atomic E-state index is 0.476. The molecule has 0 amide bonds. The average Bonchev–Trinajstić information content (AvgIpc) is 2.03. The summed E-state index contributed by atoms with van der Waals surface area (Å²) in [6.07, 6.45) is 0. The quantitative estimate of drug-likeness (QED) is 0.729. The lowest BCUT2D eigenvalue weighted by molar-refractivity contribution is 0.408. The van der Waals surface area contributed by atoms with Crippen molar-refractivity contribution in [3.05, 3.63) is 27.7 Å². The summed E-state index contributed by atoms with van der Waals surface area (Å²) in [7, 11) is 1.64. The third-order valence-corrected chi connectivity index (χ3v) is 2.49. The molecule has 0 radical (unpaired) electrons. The molecule has 0 aliphatic rings. The molecule has 0 spiro atoms. The van der Waals surface area contributed by atoms with E-state index in [1.54, 1.807) is 7.11 Å². The Kier molecular flexibility index (Phi) is 3.41. The Balaban J connectivity index is 3.24. The molecule has 0 bridgehead atoms. The first-order valence-corrected chi connectivity index (χ1v) is 4.90. The summed E-state index contributed by atoms with van der Waals surface area (Å²) in [5, 5.41) is 0. The van der Waals surface area contributed by atoms with Crippen LogP contribution in [0, 0.1) is 6.92 Å². The van der Waals surface area contributed by atoms with Crippen molar-refractivity contribution in [3.63, 3.8) is 0 Å². The number of rotatable bonds is 2. The van der Waals surface area contributed by atoms with Crippen LogP contribution in [0.15, 0.2) is 16.6 Å². The summed E-state index contributed by atoms with van der Waals surface area (Å²) in [5.41, 5.74) is 2.20. The van der Waals surface area contributed by atoms with Gasteiger partial charge in [0.15, 0.2) is 0 Å². The first-order chi connectivity index (χ1) is 5.69. The monoisotopic (exact) mass is 248 g/mol. The fourth-order valence-corrected chi connectivity index (χ4v) is 2.10. The topological polar surface area (TPSA) is 9.23 Å². The molecule has 1 nitrogen and oxygen atoms in total. The molecule has 3 heteroatoms. The average molecular weight is 250 g/mol. The predicted molar refractivity (Wildman–Crippen MR) is 55.0 cm³/mol. The van der Waals surface area contributed by atoms with E-state index in [0.29, 0.717) is 5.88 Å². The lowest BCUT2D eigenvalue weighted by Gasteiger charge is -2.08. The molecule has 0 unspecified atom stereocenters. The number of halogens is 2. The van der Waals surface area contributed by atoms with Gasteiger partial charge in [0, 0.05) is 5.56 Å². The number of hydrogen-bond donors (Lipinski definition) is 0. The largest absolute Gasteiger partial charge is 0.495 e. The van der Waals surface area contributed by atoms with Crippen LogP contribution in [0.4, 0.5) is 0 Å². The van der Waals surface area contributed by atoms with Crippen molar-refractivity contribution >= 4 is 27.5 Å². The van der Waals surface area contributed by atoms with Gasteiger partial charge in [-0.3, -0.25) is 0 Å². The Labute approximate surface area is 85.8 Å². The Morgan fingerprint density at radius 3 is 2.67 bits per heavy atom. The van der Waals surface area contributed by atoms with Gasteiger partial charge in [-0.05, 0) is 34.5 Å². The summed E-state index contributed by atoms with van der Waals surface area (Å²) in [6.45, 7) is 2.03. The molecule has 0 fully saturated rings. The molecule has 0 atom stereocenters. The Morgan fingerprint density at radius 2 is 2.17 bits per heavy atom. The number of alkyl halides is 1. The van der Waals surface area contributed by atoms with E-state index in [4.69, 9.17) is 16.3 Å². The SMILES string of the molecule is COc1c(Br)cc(C)cc1CCl. The number of aryl methyl sites for hydroxylation is 1. The van der Waals surface area contributed by atoms with E-state index in [1.807, 2.05) is 19.1 Å². The highest BCUT2D eigenvalue weighted by Gasteiger charge is 2.06. The number of benzene rings is 1. The van der Waals surface area contributed by atoms with E-state index in [-0.39, 0.29) is 0 Å². The minimum absolute atomic E-state index is 0.476. The van der Waals surface area contributed by atoms with E-state index < -0.39 is 0 Å². The number of methoxy groups -OCH3 is 1. The molecule has 0 saturated carbocycles. The Bertz CT molecular complexity index is 286. The second kappa shape index (κ2) is 4.15. The highest BCUT2D eigenvalue weighted by Crippen LogP contribution is 2.31. The molecular weight excluding hydrogens is 239 g/mol. The van der Waals surface area contributed by atoms with Crippen LogP contribution in [0.2, 0.25) is 0 Å². The van der Waals surface area contributed by atoms with Gasteiger partial charge < -0.3 is 4.74 Å². The molecular formula is C9H10BrClO. The molecule has 0 saturated heterocycles. The van der Waals surface area contributed by atoms with Gasteiger partial charge in [0.1, 0.15) is 5.75 Å². The van der Waals surface area contributed by atoms with Crippen LogP contribution in [0.1, 0.15) is 11.1 Å². The Hall–Kier alpha value is -0.210. The Morgan fingerprint density at radius 1 is 1.50 bits per heavy atom. The van der Waals surface area contributed by atoms with E-state index in [9.17, 15) is 0 Å². The lowest BCUT2D eigenvalue weighted by atomic mass is 10.1. The van der Waals surface area contributed by atoms with Crippen molar-refractivity contribution in [3.8, 4) is 5.75 Å². The van der Waals surface area contributed by atoms with E-state index in [0.717, 1.165) is 15.8 Å². The van der Waals surface area contributed by atoms with E-state index in [1.165, 1.54) is 5.56 Å². The third-order valence-electron chi connectivity index (χ3n) is 1.61. The number of ether oxygens (including phenoxy) is 1. The molecule has 0 aliphatic carbocycles. The second-order valence-corrected chi connectivity index (χ2v) is 3.69. The standard InChI is InChI=1S/C9H10BrClO/c1-6-3-7(5-11)9(12-2)8(10)4-6/h3-4H,5H2,1-2H3. The van der Waals surface area contributed by atoms with Crippen molar-refractivity contribution in [1.29, 1.82) is 0 Å². The molecule has 1 rings (SSSR count). The molecule has 0 heterocycles. The minimum Gasteiger partial charge on any atom is -0.495 e. The van der Waals surface area contributed by atoms with Gasteiger partial charge in [-0.15, -0.1) is 11.6 Å². The molecule has 0 N–H and O–H groups in total. The fourth-order valence-electron chi connectivity index (χ4n) is 1.13. The van der Waals surface area contributed by atoms with Gasteiger partial charge >= 0.3 is 0 Å². The van der Waals surface area contributed by atoms with Crippen molar-refractivity contribution in [2.75, 3.05) is 7.11 Å². The van der Waals surface area contributed by atoms with Gasteiger partial charge in [-0.1, -0.05) is 6.07 Å². The smallest absolute Gasteiger partial charge is 0.137 e. The van der Waals surface area contributed by atoms with Crippen LogP contribution in [0.3, 0.4) is 0 Å². The fraction of sp³-hybridized carbons (Fsp3) is 0.333. The molecule has 66 valence electrons. The van der Waals surface area contributed by atoms with Crippen LogP contribution in [-0.2, 0) is 5.88 Å². The lowest BCUT2D eigenvalue weighted by Crippen LogP contribution is -1.91. The van der Waals surface area contributed by atoms with Crippen LogP contribution < -0.4 is 4.74 Å². The van der Waals surface area contributed by atoms with Crippen LogP contribution in [0.25, 0.3) is 0 Å². The van der Waals surface area contributed by atoms with Gasteiger partial charge in [0.25, 0.3) is 0 Å². The van der Waals surface area contributed by atoms with E-state index >= 15 is 0 Å². The zero-order valence-electron chi connectivity index (χ0n) is 7.03. The highest BCUT2D eigenvalue weighted by molar-refractivity contribution is 9.10. The summed E-state index contributed by atoms with van der Waals surface area (Å²) in [5.74, 6) is 1.30. The van der Waals surface area contributed by atoms with Gasteiger partial charge in [-0.2, -0.15) is 0 Å². The van der Waals surface area contributed by atoms with Crippen molar-refractivity contribution in [1.82, 2.24) is 0 Å². The highest BCUT2D eigenvalue weighted by atomic mass is 79.9. The zero-order chi connectivity index (χ0) is 9.14. The molecule has 0 aromatic heterocycles. The number of hydrogen-bond acceptors (Lipinski definition) is 1. The third kappa shape index (κ3) is 1.93. The molecule has 1 aromatic rings. The summed E-state index contributed by atoms with van der Waals surface area (Å²) >= 11 is 9.17. The summed E-state index contributed by atoms with van der Waals surface area (Å²) in [6, 6.07) is 4.03. The molecule has 1 aromatic carbocycles. The van der Waals surface area contributed by atoms with Crippen molar-refractivity contribution in [2.45, 2.75) is 12.8 Å². The normalized spacial score (nSPS) is 10.0. The van der Waals surface area contributed by atoms with Gasteiger partial charge in [0.05, 0.1) is 17.5 Å². The summed E-state index contributed by atoms with van der Waals surface area (Å²) < 4.78 is 6.15. The molecule has 0 aliphatic heterocycles. The first-order valence-electron chi connectivity index (χ1n) is 3.58. The van der Waals surface area contributed by atoms with Gasteiger partial charge in [-0.25, -0.2) is 0 Å². The maximum atomic E-state index is 5.75. The van der Waals surface area contributed by atoms with E-state index in [2.05, 4.69) is 15.9 Å². The maximum absolute atomic E-state index is 5.75. The first kappa shape index (κ1) is 9.87. The predicted octanol–water partition coefficient (Wildman–Crippen LogP) is 3.50. The summed E-state index contributed by atoms with van der Waals surface area (Å²) in [4.78, 5) is 0.